The van der Waals surface area contributed by atoms with E-state index in [1.807, 2.05) is 76.4 Å². The third kappa shape index (κ3) is 10.7. The van der Waals surface area contributed by atoms with Gasteiger partial charge in [0.25, 0.3) is 11.8 Å². The van der Waals surface area contributed by atoms with Crippen LogP contribution in [0.25, 0.3) is 32.3 Å². The quantitative estimate of drug-likeness (QED) is 0.0488. The van der Waals surface area contributed by atoms with Gasteiger partial charge in [0, 0.05) is 13.1 Å². The van der Waals surface area contributed by atoms with Gasteiger partial charge in [-0.3, -0.25) is 19.0 Å². The smallest absolute Gasteiger partial charge is 0.265 e. The van der Waals surface area contributed by atoms with Crippen molar-refractivity contribution in [2.45, 2.75) is 58.0 Å². The molecule has 6 N–H and O–H groups in total. The maximum absolute atomic E-state index is 13.3. The molecule has 2 amide bonds. The molecule has 12 nitrogen and oxygen atoms in total. The summed E-state index contributed by atoms with van der Waals surface area (Å²) in [6.07, 6.45) is 11.0. The molecule has 8 rings (SSSR count). The second-order valence-corrected chi connectivity index (χ2v) is 17.0. The zero-order valence-electron chi connectivity index (χ0n) is 33.5. The van der Waals surface area contributed by atoms with Crippen LogP contribution in [0.15, 0.2) is 134 Å². The first-order chi connectivity index (χ1) is 29.8. The number of carbonyl (C=O) groups excluding carboxylic acids is 2. The number of carbonyl (C=O) groups is 2. The Morgan fingerprint density at radius 3 is 1.74 bits per heavy atom. The van der Waals surface area contributed by atoms with Crippen LogP contribution in [0.5, 0.6) is 0 Å². The fourth-order valence-electron chi connectivity index (χ4n) is 7.00. The van der Waals surface area contributed by atoms with Gasteiger partial charge in [-0.1, -0.05) is 89.6 Å². The van der Waals surface area contributed by atoms with Crippen molar-refractivity contribution in [2.75, 3.05) is 22.1 Å². The molecule has 0 spiro atoms. The number of hydrogen-bond acceptors (Lipinski definition) is 10. The standard InChI is InChI=1S/C47H46N10O2S2/c48-36-18-6-7-19-38(36)50-46(58)44-24-22-43(60-44)41-31-57(55-53-41)27-10-8-15-33-16-11-17-34(28-33)35-20-21-39(37(49)29-35)51-47(59)45-25-23-42(61-45)40-30-56(54-52-40)26-9-2-5-14-32-12-3-1-4-13-32/h1,3-4,6-7,11-13,16-25,28-31H,2,5,8-10,14-15,26-27,48-49H2,(H,50,58)(H,51,59). The molecule has 0 aliphatic rings. The van der Waals surface area contributed by atoms with E-state index in [9.17, 15) is 9.59 Å². The van der Waals surface area contributed by atoms with Crippen LogP contribution in [0.2, 0.25) is 0 Å². The normalized spacial score (nSPS) is 11.1. The second-order valence-electron chi connectivity index (χ2n) is 14.8. The van der Waals surface area contributed by atoms with Gasteiger partial charge in [0.1, 0.15) is 11.4 Å². The van der Waals surface area contributed by atoms with E-state index in [0.717, 1.165) is 90.3 Å². The van der Waals surface area contributed by atoms with Crippen molar-refractivity contribution in [2.24, 2.45) is 0 Å². The van der Waals surface area contributed by atoms with Crippen LogP contribution >= 0.6 is 22.7 Å². The molecule has 14 heteroatoms. The number of nitrogens with one attached hydrogen (secondary N) is 2. The van der Waals surface area contributed by atoms with E-state index >= 15 is 0 Å². The monoisotopic (exact) mass is 846 g/mol. The highest BCUT2D eigenvalue weighted by molar-refractivity contribution is 7.17. The first kappa shape index (κ1) is 40.9. The van der Waals surface area contributed by atoms with Crippen molar-refractivity contribution in [3.8, 4) is 32.3 Å². The van der Waals surface area contributed by atoms with E-state index in [-0.39, 0.29) is 11.8 Å². The minimum absolute atomic E-state index is 0.214. The highest BCUT2D eigenvalue weighted by atomic mass is 32.1. The Hall–Kier alpha value is -6.90. The molecule has 0 bridgehead atoms. The van der Waals surface area contributed by atoms with Crippen LogP contribution < -0.4 is 22.1 Å². The number of hydrogen-bond donors (Lipinski definition) is 4. The summed E-state index contributed by atoms with van der Waals surface area (Å²) >= 11 is 2.75. The van der Waals surface area contributed by atoms with E-state index in [4.69, 9.17) is 11.5 Å². The average Bonchev–Trinajstić information content (AvgIpc) is 4.12. The van der Waals surface area contributed by atoms with Gasteiger partial charge in [-0.2, -0.15) is 0 Å². The van der Waals surface area contributed by atoms with Crippen molar-refractivity contribution >= 4 is 57.2 Å². The number of anilines is 4. The molecule has 0 saturated heterocycles. The number of nitrogen functional groups attached to an aromatic ring is 2. The number of rotatable bonds is 18. The summed E-state index contributed by atoms with van der Waals surface area (Å²) in [5.74, 6) is -0.435. The topological polar surface area (TPSA) is 172 Å². The van der Waals surface area contributed by atoms with Crippen LogP contribution in [0.3, 0.4) is 0 Å². The van der Waals surface area contributed by atoms with Crippen LogP contribution in [0.4, 0.5) is 22.7 Å². The molecule has 308 valence electrons. The fraction of sp³-hybridized carbons (Fsp3) is 0.191. The first-order valence-corrected chi connectivity index (χ1v) is 22.0. The lowest BCUT2D eigenvalue weighted by Crippen LogP contribution is -2.11. The van der Waals surface area contributed by atoms with Gasteiger partial charge in [0.05, 0.1) is 54.7 Å². The molecule has 0 unspecified atom stereocenters. The maximum Gasteiger partial charge on any atom is 0.265 e. The maximum atomic E-state index is 13.3. The van der Waals surface area contributed by atoms with Gasteiger partial charge < -0.3 is 22.1 Å². The van der Waals surface area contributed by atoms with E-state index < -0.39 is 0 Å². The van der Waals surface area contributed by atoms with Crippen molar-refractivity contribution < 1.29 is 9.59 Å². The van der Waals surface area contributed by atoms with Crippen LogP contribution in [-0.4, -0.2) is 41.8 Å². The van der Waals surface area contributed by atoms with E-state index in [0.29, 0.717) is 32.5 Å². The molecule has 4 heterocycles. The average molecular weight is 847 g/mol. The SMILES string of the molecule is Nc1cc(-c2cccc(CCCCn3cc(-c4ccc(C(=O)Nc5ccccc5N)s4)nn3)c2)ccc1NC(=O)c1ccc(-c2cn(CCCCCc3ccccc3)nn2)s1. The number of unbranched alkanes of at least 4 members (excludes halogenated alkanes) is 3. The number of benzene rings is 4. The van der Waals surface area contributed by atoms with E-state index in [2.05, 4.69) is 79.8 Å². The number of amides is 2. The summed E-state index contributed by atoms with van der Waals surface area (Å²) in [5.41, 5.74) is 20.7. The predicted octanol–water partition coefficient (Wildman–Crippen LogP) is 10.1. The van der Waals surface area contributed by atoms with E-state index in [1.54, 1.807) is 18.2 Å². The Balaban J connectivity index is 0.784. The summed E-state index contributed by atoms with van der Waals surface area (Å²) in [5, 5.41) is 23.2. The van der Waals surface area contributed by atoms with Crippen molar-refractivity contribution in [3.05, 3.63) is 155 Å². The highest BCUT2D eigenvalue weighted by Gasteiger charge is 2.16. The van der Waals surface area contributed by atoms with Crippen LogP contribution in [0.1, 0.15) is 62.6 Å². The van der Waals surface area contributed by atoms with Gasteiger partial charge in [0.15, 0.2) is 0 Å². The molecular weight excluding hydrogens is 801 g/mol. The summed E-state index contributed by atoms with van der Waals surface area (Å²) in [6, 6.07) is 39.3. The molecule has 61 heavy (non-hydrogen) atoms. The molecule has 4 aromatic heterocycles. The summed E-state index contributed by atoms with van der Waals surface area (Å²) < 4.78 is 3.73. The summed E-state index contributed by atoms with van der Waals surface area (Å²) in [4.78, 5) is 28.9. The first-order valence-electron chi connectivity index (χ1n) is 20.4. The molecular formula is C47H46N10O2S2. The molecule has 0 saturated carbocycles. The van der Waals surface area contributed by atoms with Gasteiger partial charge in [-0.25, -0.2) is 0 Å². The molecule has 0 aliphatic heterocycles. The zero-order valence-corrected chi connectivity index (χ0v) is 35.2. The Kier molecular flexibility index (Phi) is 13.0. The molecule has 0 atom stereocenters. The summed E-state index contributed by atoms with van der Waals surface area (Å²) in [7, 11) is 0. The predicted molar refractivity (Wildman–Crippen MR) is 247 cm³/mol. The Bertz CT molecular complexity index is 2730. The van der Waals surface area contributed by atoms with Gasteiger partial charge >= 0.3 is 0 Å². The lowest BCUT2D eigenvalue weighted by molar-refractivity contribution is 0.102. The third-order valence-corrected chi connectivity index (χ3v) is 12.5. The fourth-order valence-corrected chi connectivity index (χ4v) is 8.71. The minimum atomic E-state index is -0.221. The number of thiophene rings is 2. The van der Waals surface area contributed by atoms with Gasteiger partial charge in [-0.15, -0.1) is 32.9 Å². The Morgan fingerprint density at radius 1 is 0.525 bits per heavy atom. The second kappa shape index (κ2) is 19.4. The Morgan fingerprint density at radius 2 is 1.08 bits per heavy atom. The van der Waals surface area contributed by atoms with Gasteiger partial charge in [0.2, 0.25) is 0 Å². The Labute approximate surface area is 362 Å². The highest BCUT2D eigenvalue weighted by Crippen LogP contribution is 2.31. The van der Waals surface area contributed by atoms with Crippen molar-refractivity contribution in [3.63, 3.8) is 0 Å². The van der Waals surface area contributed by atoms with Crippen molar-refractivity contribution in [1.82, 2.24) is 30.0 Å². The number of nitrogens with two attached hydrogens (primary N) is 2. The molecule has 4 aromatic carbocycles. The molecule has 0 radical (unpaired) electrons. The number of nitrogens with zero attached hydrogens (tertiary/aromatic N) is 6. The lowest BCUT2D eigenvalue weighted by atomic mass is 9.99. The van der Waals surface area contributed by atoms with Gasteiger partial charge in [-0.05, 0) is 109 Å². The number of aromatic nitrogens is 6. The lowest BCUT2D eigenvalue weighted by Gasteiger charge is -2.11. The largest absolute Gasteiger partial charge is 0.397 e. The summed E-state index contributed by atoms with van der Waals surface area (Å²) in [6.45, 7) is 1.54. The minimum Gasteiger partial charge on any atom is -0.397 e. The van der Waals surface area contributed by atoms with Crippen LogP contribution in [-0.2, 0) is 25.9 Å². The molecule has 0 aliphatic carbocycles. The molecule has 0 fully saturated rings. The molecule has 8 aromatic rings. The zero-order chi connectivity index (χ0) is 42.0. The van der Waals surface area contributed by atoms with E-state index in [1.165, 1.54) is 33.8 Å². The third-order valence-electron chi connectivity index (χ3n) is 10.3. The van der Waals surface area contributed by atoms with Crippen molar-refractivity contribution in [1.29, 1.82) is 0 Å². The number of para-hydroxylation sites is 2. The number of aryl methyl sites for hydroxylation is 4. The van der Waals surface area contributed by atoms with Crippen LogP contribution in [0, 0.1) is 0 Å².